The van der Waals surface area contributed by atoms with Gasteiger partial charge in [0, 0.05) is 12.1 Å². The molecule has 0 atom stereocenters. The second-order valence-electron chi connectivity index (χ2n) is 4.35. The molecule has 0 saturated carbocycles. The number of nitrogens with one attached hydrogen (secondary N) is 1. The van der Waals surface area contributed by atoms with Gasteiger partial charge in [-0.25, -0.2) is 4.79 Å². The summed E-state index contributed by atoms with van der Waals surface area (Å²) in [5.41, 5.74) is -0.0238. The minimum Gasteiger partial charge on any atom is -0.507 e. The van der Waals surface area contributed by atoms with E-state index >= 15 is 0 Å². The average molecular weight is 265 g/mol. The number of rotatable bonds is 7. The smallest absolute Gasteiger partial charge is 0.339 e. The summed E-state index contributed by atoms with van der Waals surface area (Å²) in [4.78, 5) is 22.6. The van der Waals surface area contributed by atoms with E-state index in [-0.39, 0.29) is 22.8 Å². The highest BCUT2D eigenvalue weighted by molar-refractivity contribution is 5.98. The molecule has 0 saturated heterocycles. The molecule has 0 fully saturated rings. The Morgan fingerprint density at radius 3 is 2.58 bits per heavy atom. The minimum atomic E-state index is -1.25. The number of carboxylic acids is 1. The van der Waals surface area contributed by atoms with Crippen LogP contribution in [0.2, 0.25) is 0 Å². The molecule has 0 bridgehead atoms. The topological polar surface area (TPSA) is 86.6 Å². The van der Waals surface area contributed by atoms with E-state index in [1.807, 2.05) is 0 Å². The van der Waals surface area contributed by atoms with Gasteiger partial charge in [-0.15, -0.1) is 0 Å². The molecular weight excluding hydrogens is 246 g/mol. The number of aromatic carboxylic acids is 1. The highest BCUT2D eigenvalue weighted by atomic mass is 16.4. The third-order valence-electron chi connectivity index (χ3n) is 2.81. The number of carbonyl (C=O) groups is 2. The monoisotopic (exact) mass is 265 g/mol. The van der Waals surface area contributed by atoms with Crippen LogP contribution in [0.1, 0.15) is 53.3 Å². The molecule has 104 valence electrons. The SMILES string of the molecule is CCCCCCNC(=O)c1ccc(O)c(C(=O)O)c1. The molecule has 1 rings (SSSR count). The van der Waals surface area contributed by atoms with Crippen molar-refractivity contribution >= 4 is 11.9 Å². The molecule has 19 heavy (non-hydrogen) atoms. The maximum absolute atomic E-state index is 11.8. The normalized spacial score (nSPS) is 10.2. The van der Waals surface area contributed by atoms with Crippen molar-refractivity contribution in [2.75, 3.05) is 6.54 Å². The molecule has 1 aromatic rings. The fourth-order valence-corrected chi connectivity index (χ4v) is 1.70. The lowest BCUT2D eigenvalue weighted by molar-refractivity contribution is 0.0693. The van der Waals surface area contributed by atoms with Gasteiger partial charge in [-0.3, -0.25) is 4.79 Å². The third kappa shape index (κ3) is 4.62. The van der Waals surface area contributed by atoms with Crippen molar-refractivity contribution in [3.8, 4) is 5.75 Å². The van der Waals surface area contributed by atoms with Crippen LogP contribution in [-0.2, 0) is 0 Å². The predicted octanol–water partition coefficient (Wildman–Crippen LogP) is 2.40. The fourth-order valence-electron chi connectivity index (χ4n) is 1.70. The average Bonchev–Trinajstić information content (AvgIpc) is 2.38. The van der Waals surface area contributed by atoms with Crippen LogP contribution < -0.4 is 5.32 Å². The van der Waals surface area contributed by atoms with E-state index in [1.165, 1.54) is 18.2 Å². The summed E-state index contributed by atoms with van der Waals surface area (Å²) >= 11 is 0. The number of aromatic hydroxyl groups is 1. The lowest BCUT2D eigenvalue weighted by Crippen LogP contribution is -2.24. The summed E-state index contributed by atoms with van der Waals surface area (Å²) in [6.07, 6.45) is 4.24. The molecular formula is C14H19NO4. The molecule has 0 aliphatic carbocycles. The van der Waals surface area contributed by atoms with Crippen molar-refractivity contribution in [1.82, 2.24) is 5.32 Å². The van der Waals surface area contributed by atoms with Crippen LogP contribution in [-0.4, -0.2) is 28.6 Å². The zero-order valence-corrected chi connectivity index (χ0v) is 11.0. The second-order valence-corrected chi connectivity index (χ2v) is 4.35. The third-order valence-corrected chi connectivity index (χ3v) is 2.81. The Hall–Kier alpha value is -2.04. The van der Waals surface area contributed by atoms with E-state index in [4.69, 9.17) is 5.11 Å². The van der Waals surface area contributed by atoms with Gasteiger partial charge in [0.2, 0.25) is 0 Å². The van der Waals surface area contributed by atoms with Crippen LogP contribution in [0.3, 0.4) is 0 Å². The van der Waals surface area contributed by atoms with Crippen LogP contribution in [0.5, 0.6) is 5.75 Å². The number of carbonyl (C=O) groups excluding carboxylic acids is 1. The standard InChI is InChI=1S/C14H19NO4/c1-2-3-4-5-8-15-13(17)10-6-7-12(16)11(9-10)14(18)19/h6-7,9,16H,2-5,8H2,1H3,(H,15,17)(H,18,19). The summed E-state index contributed by atoms with van der Waals surface area (Å²) in [6, 6.07) is 3.80. The Balaban J connectivity index is 2.57. The van der Waals surface area contributed by atoms with Crippen LogP contribution >= 0.6 is 0 Å². The second kappa shape index (κ2) is 7.41. The van der Waals surface area contributed by atoms with Gasteiger partial charge < -0.3 is 15.5 Å². The Morgan fingerprint density at radius 2 is 1.95 bits per heavy atom. The molecule has 1 amide bonds. The Kier molecular flexibility index (Phi) is 5.85. The molecule has 0 aliphatic rings. The summed E-state index contributed by atoms with van der Waals surface area (Å²) in [5.74, 6) is -1.92. The Bertz CT molecular complexity index is 457. The molecule has 0 heterocycles. The molecule has 3 N–H and O–H groups in total. The van der Waals surface area contributed by atoms with Gasteiger partial charge in [-0.2, -0.15) is 0 Å². The van der Waals surface area contributed by atoms with Gasteiger partial charge in [-0.1, -0.05) is 26.2 Å². The van der Waals surface area contributed by atoms with E-state index in [0.717, 1.165) is 25.7 Å². The number of carboxylic acid groups (broad SMARTS) is 1. The van der Waals surface area contributed by atoms with E-state index in [2.05, 4.69) is 12.2 Å². The largest absolute Gasteiger partial charge is 0.507 e. The summed E-state index contributed by atoms with van der Waals surface area (Å²) < 4.78 is 0. The van der Waals surface area contributed by atoms with Crippen molar-refractivity contribution in [1.29, 1.82) is 0 Å². The lowest BCUT2D eigenvalue weighted by Gasteiger charge is -2.06. The molecule has 0 unspecified atom stereocenters. The van der Waals surface area contributed by atoms with Gasteiger partial charge in [-0.05, 0) is 24.6 Å². The first-order chi connectivity index (χ1) is 9.06. The molecule has 0 aromatic heterocycles. The first kappa shape index (κ1) is 15.0. The van der Waals surface area contributed by atoms with Crippen molar-refractivity contribution in [3.05, 3.63) is 29.3 Å². The van der Waals surface area contributed by atoms with Crippen molar-refractivity contribution in [3.63, 3.8) is 0 Å². The zero-order valence-electron chi connectivity index (χ0n) is 11.0. The van der Waals surface area contributed by atoms with Crippen LogP contribution in [0, 0.1) is 0 Å². The maximum Gasteiger partial charge on any atom is 0.339 e. The lowest BCUT2D eigenvalue weighted by atomic mass is 10.1. The number of unbranched alkanes of at least 4 members (excludes halogenated alkanes) is 3. The Morgan fingerprint density at radius 1 is 1.21 bits per heavy atom. The number of phenols is 1. The fraction of sp³-hybridized carbons (Fsp3) is 0.429. The molecule has 0 spiro atoms. The molecule has 5 heteroatoms. The summed E-state index contributed by atoms with van der Waals surface area (Å²) in [7, 11) is 0. The number of hydrogen-bond acceptors (Lipinski definition) is 3. The van der Waals surface area contributed by atoms with Crippen molar-refractivity contribution < 1.29 is 19.8 Å². The predicted molar refractivity (Wildman–Crippen MR) is 71.5 cm³/mol. The van der Waals surface area contributed by atoms with Gasteiger partial charge in [0.1, 0.15) is 11.3 Å². The molecule has 5 nitrogen and oxygen atoms in total. The van der Waals surface area contributed by atoms with E-state index in [0.29, 0.717) is 6.54 Å². The maximum atomic E-state index is 11.8. The van der Waals surface area contributed by atoms with Gasteiger partial charge >= 0.3 is 5.97 Å². The van der Waals surface area contributed by atoms with Crippen LogP contribution in [0.4, 0.5) is 0 Å². The van der Waals surface area contributed by atoms with Crippen molar-refractivity contribution in [2.24, 2.45) is 0 Å². The summed E-state index contributed by atoms with van der Waals surface area (Å²) in [5, 5.41) is 20.9. The van der Waals surface area contributed by atoms with Gasteiger partial charge in [0.15, 0.2) is 0 Å². The van der Waals surface area contributed by atoms with Crippen molar-refractivity contribution in [2.45, 2.75) is 32.6 Å². The molecule has 1 aromatic carbocycles. The quantitative estimate of drug-likeness (QED) is 0.661. The van der Waals surface area contributed by atoms with E-state index in [1.54, 1.807) is 0 Å². The van der Waals surface area contributed by atoms with Gasteiger partial charge in [0.05, 0.1) is 0 Å². The molecule has 0 radical (unpaired) electrons. The molecule has 0 aliphatic heterocycles. The van der Waals surface area contributed by atoms with E-state index in [9.17, 15) is 14.7 Å². The zero-order chi connectivity index (χ0) is 14.3. The highest BCUT2D eigenvalue weighted by Gasteiger charge is 2.13. The van der Waals surface area contributed by atoms with Crippen LogP contribution in [0.15, 0.2) is 18.2 Å². The Labute approximate surface area is 112 Å². The van der Waals surface area contributed by atoms with E-state index < -0.39 is 5.97 Å². The highest BCUT2D eigenvalue weighted by Crippen LogP contribution is 2.18. The first-order valence-electron chi connectivity index (χ1n) is 6.40. The number of amides is 1. The van der Waals surface area contributed by atoms with Gasteiger partial charge in [0.25, 0.3) is 5.91 Å². The number of hydrogen-bond donors (Lipinski definition) is 3. The number of benzene rings is 1. The minimum absolute atomic E-state index is 0.241. The van der Waals surface area contributed by atoms with Crippen LogP contribution in [0.25, 0.3) is 0 Å². The summed E-state index contributed by atoms with van der Waals surface area (Å²) in [6.45, 7) is 2.69. The first-order valence-corrected chi connectivity index (χ1v) is 6.40.